The molecule has 2 rings (SSSR count). The minimum absolute atomic E-state index is 0.00802. The van der Waals surface area contributed by atoms with Crippen LogP contribution in [0, 0.1) is 0 Å². The van der Waals surface area contributed by atoms with E-state index in [2.05, 4.69) is 15.1 Å². The van der Waals surface area contributed by atoms with Gasteiger partial charge in [-0.05, 0) is 24.6 Å². The molecular weight excluding hydrogens is 333 g/mol. The number of benzene rings is 1. The van der Waals surface area contributed by atoms with Crippen LogP contribution in [0.25, 0.3) is 0 Å². The monoisotopic (exact) mass is 346 g/mol. The Kier molecular flexibility index (Phi) is 5.73. The minimum atomic E-state index is -4.55. The van der Waals surface area contributed by atoms with Crippen molar-refractivity contribution >= 4 is 23.5 Å². The van der Waals surface area contributed by atoms with Gasteiger partial charge in [0.2, 0.25) is 0 Å². The molecule has 0 N–H and O–H groups in total. The van der Waals surface area contributed by atoms with Crippen LogP contribution in [0.4, 0.5) is 18.9 Å². The lowest BCUT2D eigenvalue weighted by Gasteiger charge is -2.14. The molecule has 1 atom stereocenters. The fraction of sp³-hybridized carbons (Fsp3) is 0.357. The zero-order valence-electron chi connectivity index (χ0n) is 12.2. The van der Waals surface area contributed by atoms with E-state index < -0.39 is 18.0 Å². The Morgan fingerprint density at radius 3 is 2.83 bits per heavy atom. The molecule has 0 aliphatic heterocycles. The minimum Gasteiger partial charge on any atom is -0.351 e. The van der Waals surface area contributed by atoms with Gasteiger partial charge in [0.15, 0.2) is 6.23 Å². The molecule has 0 bridgehead atoms. The van der Waals surface area contributed by atoms with Crippen molar-refractivity contribution in [3.8, 4) is 0 Å². The van der Waals surface area contributed by atoms with Crippen LogP contribution in [0.3, 0.4) is 0 Å². The predicted molar refractivity (Wildman–Crippen MR) is 79.9 cm³/mol. The molecule has 1 unspecified atom stereocenters. The van der Waals surface area contributed by atoms with Gasteiger partial charge < -0.3 is 4.74 Å². The maximum Gasteiger partial charge on any atom is 0.418 e. The summed E-state index contributed by atoms with van der Waals surface area (Å²) in [6.07, 6.45) is -0.589. The lowest BCUT2D eigenvalue weighted by atomic mass is 10.2. The van der Waals surface area contributed by atoms with Gasteiger partial charge >= 0.3 is 6.18 Å². The number of rotatable bonds is 6. The topological polar surface area (TPSA) is 52.3 Å². The standard InChI is InChI=1S/C14H14ClF3N4O/c1-2-5-23-13(22-9-19-8-21-22)7-20-12-4-3-10(15)6-11(12)14(16,17)18/h3-4,6-9,13H,2,5H2,1H3. The highest BCUT2D eigenvalue weighted by atomic mass is 35.5. The maximum atomic E-state index is 13.0. The van der Waals surface area contributed by atoms with E-state index >= 15 is 0 Å². The smallest absolute Gasteiger partial charge is 0.351 e. The average Bonchev–Trinajstić information content (AvgIpc) is 3.01. The number of aromatic nitrogens is 3. The van der Waals surface area contributed by atoms with Gasteiger partial charge in [-0.3, -0.25) is 4.99 Å². The number of aliphatic imine (C=N–C) groups is 1. The Morgan fingerprint density at radius 2 is 2.22 bits per heavy atom. The van der Waals surface area contributed by atoms with Crippen molar-refractivity contribution in [3.05, 3.63) is 41.4 Å². The predicted octanol–water partition coefficient (Wildman–Crippen LogP) is 4.28. The summed E-state index contributed by atoms with van der Waals surface area (Å²) in [5, 5.41) is 3.91. The Bertz CT molecular complexity index is 659. The zero-order valence-corrected chi connectivity index (χ0v) is 12.9. The number of hydrogen-bond donors (Lipinski definition) is 0. The van der Waals surface area contributed by atoms with Crippen LogP contribution < -0.4 is 0 Å². The molecule has 5 nitrogen and oxygen atoms in total. The maximum absolute atomic E-state index is 13.0. The molecule has 1 aromatic carbocycles. The number of ether oxygens (including phenoxy) is 1. The van der Waals surface area contributed by atoms with Crippen LogP contribution in [-0.2, 0) is 10.9 Å². The van der Waals surface area contributed by atoms with Crippen LogP contribution in [0.15, 0.2) is 35.8 Å². The Hall–Kier alpha value is -1.93. The molecule has 0 aliphatic carbocycles. The summed E-state index contributed by atoms with van der Waals surface area (Å²) in [5.74, 6) is 0. The molecule has 0 saturated carbocycles. The second kappa shape index (κ2) is 7.56. The Labute approximate surface area is 135 Å². The van der Waals surface area contributed by atoms with E-state index in [0.29, 0.717) is 6.61 Å². The lowest BCUT2D eigenvalue weighted by Crippen LogP contribution is -2.15. The van der Waals surface area contributed by atoms with Gasteiger partial charge in [-0.1, -0.05) is 18.5 Å². The second-order valence-electron chi connectivity index (χ2n) is 4.57. The van der Waals surface area contributed by atoms with Crippen molar-refractivity contribution in [2.75, 3.05) is 6.61 Å². The third-order valence-corrected chi connectivity index (χ3v) is 3.03. The molecule has 0 fully saturated rings. The first kappa shape index (κ1) is 17.4. The number of nitrogens with zero attached hydrogens (tertiary/aromatic N) is 4. The first-order valence-corrected chi connectivity index (χ1v) is 7.16. The van der Waals surface area contributed by atoms with Gasteiger partial charge in [0, 0.05) is 11.6 Å². The molecule has 9 heteroatoms. The van der Waals surface area contributed by atoms with Crippen LogP contribution in [0.1, 0.15) is 25.1 Å². The van der Waals surface area contributed by atoms with E-state index in [9.17, 15) is 13.2 Å². The van der Waals surface area contributed by atoms with Crippen molar-refractivity contribution in [3.63, 3.8) is 0 Å². The van der Waals surface area contributed by atoms with Gasteiger partial charge in [-0.25, -0.2) is 9.67 Å². The molecule has 23 heavy (non-hydrogen) atoms. The van der Waals surface area contributed by atoms with E-state index in [1.54, 1.807) is 0 Å². The Morgan fingerprint density at radius 1 is 1.43 bits per heavy atom. The van der Waals surface area contributed by atoms with Crippen LogP contribution in [0.2, 0.25) is 5.02 Å². The summed E-state index contributed by atoms with van der Waals surface area (Å²) >= 11 is 5.64. The first-order chi connectivity index (χ1) is 10.9. The zero-order chi connectivity index (χ0) is 16.9. The van der Waals surface area contributed by atoms with Crippen molar-refractivity contribution < 1.29 is 17.9 Å². The molecular formula is C14H14ClF3N4O. The quantitative estimate of drug-likeness (QED) is 0.734. The summed E-state index contributed by atoms with van der Waals surface area (Å²) in [6, 6.07) is 3.40. The molecule has 0 radical (unpaired) electrons. The van der Waals surface area contributed by atoms with E-state index in [4.69, 9.17) is 16.3 Å². The van der Waals surface area contributed by atoms with Crippen molar-refractivity contribution in [2.45, 2.75) is 25.7 Å². The van der Waals surface area contributed by atoms with E-state index in [1.807, 2.05) is 6.92 Å². The third kappa shape index (κ3) is 4.77. The van der Waals surface area contributed by atoms with Gasteiger partial charge in [-0.15, -0.1) is 0 Å². The number of alkyl halides is 3. The fourth-order valence-electron chi connectivity index (χ4n) is 1.77. The van der Waals surface area contributed by atoms with Gasteiger partial charge in [0.1, 0.15) is 12.7 Å². The highest BCUT2D eigenvalue weighted by Crippen LogP contribution is 2.37. The van der Waals surface area contributed by atoms with Gasteiger partial charge in [-0.2, -0.15) is 18.3 Å². The molecule has 0 saturated heterocycles. The number of halogens is 4. The normalized spacial score (nSPS) is 13.6. The summed E-state index contributed by atoms with van der Waals surface area (Å²) in [5.41, 5.74) is -1.15. The van der Waals surface area contributed by atoms with Crippen molar-refractivity contribution in [1.82, 2.24) is 14.8 Å². The summed E-state index contributed by atoms with van der Waals surface area (Å²) in [4.78, 5) is 7.69. The highest BCUT2D eigenvalue weighted by molar-refractivity contribution is 6.30. The molecule has 0 amide bonds. The van der Waals surface area contributed by atoms with Crippen molar-refractivity contribution in [1.29, 1.82) is 0 Å². The summed E-state index contributed by atoms with van der Waals surface area (Å²) < 4.78 is 46.0. The molecule has 1 heterocycles. The largest absolute Gasteiger partial charge is 0.418 e. The fourth-order valence-corrected chi connectivity index (χ4v) is 1.94. The third-order valence-electron chi connectivity index (χ3n) is 2.80. The van der Waals surface area contributed by atoms with Crippen LogP contribution >= 0.6 is 11.6 Å². The van der Waals surface area contributed by atoms with Gasteiger partial charge in [0.05, 0.1) is 17.5 Å². The van der Waals surface area contributed by atoms with Gasteiger partial charge in [0.25, 0.3) is 0 Å². The average molecular weight is 347 g/mol. The molecule has 0 aliphatic rings. The first-order valence-electron chi connectivity index (χ1n) is 6.78. The Balaban J connectivity index is 2.30. The van der Waals surface area contributed by atoms with E-state index in [0.717, 1.165) is 12.5 Å². The van der Waals surface area contributed by atoms with Crippen LogP contribution in [-0.4, -0.2) is 27.6 Å². The van der Waals surface area contributed by atoms with E-state index in [1.165, 1.54) is 35.7 Å². The second-order valence-corrected chi connectivity index (χ2v) is 5.01. The summed E-state index contributed by atoms with van der Waals surface area (Å²) in [7, 11) is 0. The van der Waals surface area contributed by atoms with Crippen molar-refractivity contribution in [2.24, 2.45) is 4.99 Å². The highest BCUT2D eigenvalue weighted by Gasteiger charge is 2.33. The van der Waals surface area contributed by atoms with Crippen LogP contribution in [0.5, 0.6) is 0 Å². The van der Waals surface area contributed by atoms with E-state index in [-0.39, 0.29) is 10.7 Å². The molecule has 124 valence electrons. The molecule has 2 aromatic rings. The SMILES string of the molecule is CCCOC(C=Nc1ccc(Cl)cc1C(F)(F)F)n1cncn1. The molecule has 0 spiro atoms. The lowest BCUT2D eigenvalue weighted by molar-refractivity contribution is -0.137. The summed E-state index contributed by atoms with van der Waals surface area (Å²) in [6.45, 7) is 2.32. The molecule has 1 aromatic heterocycles. The number of hydrogen-bond acceptors (Lipinski definition) is 4.